The van der Waals surface area contributed by atoms with E-state index in [-0.39, 0.29) is 24.0 Å². The molecule has 2 N–H and O–H groups in total. The first kappa shape index (κ1) is 23.8. The van der Waals surface area contributed by atoms with Crippen LogP contribution in [0.3, 0.4) is 0 Å². The van der Waals surface area contributed by atoms with Crippen molar-refractivity contribution >= 4 is 41.3 Å². The summed E-state index contributed by atoms with van der Waals surface area (Å²) in [5.74, 6) is 2.28. The Morgan fingerprint density at radius 1 is 1.29 bits per heavy atom. The number of thiophene rings is 1. The summed E-state index contributed by atoms with van der Waals surface area (Å²) in [4.78, 5) is 9.18. The molecule has 0 aromatic carbocycles. The van der Waals surface area contributed by atoms with E-state index >= 15 is 0 Å². The number of ether oxygens (including phenoxy) is 1. The van der Waals surface area contributed by atoms with Crippen LogP contribution in [0.1, 0.15) is 62.8 Å². The van der Waals surface area contributed by atoms with Crippen molar-refractivity contribution in [1.29, 1.82) is 0 Å². The Hall–Kier alpha value is -0.380. The molecule has 2 saturated heterocycles. The van der Waals surface area contributed by atoms with Crippen molar-refractivity contribution in [3.05, 3.63) is 22.4 Å². The Bertz CT molecular complexity index is 736. The number of hydrogen-bond donors (Lipinski definition) is 2. The highest BCUT2D eigenvalue weighted by Crippen LogP contribution is 2.60. The minimum Gasteiger partial charge on any atom is -0.377 e. The van der Waals surface area contributed by atoms with Crippen molar-refractivity contribution in [3.63, 3.8) is 0 Å². The molecule has 5 nitrogen and oxygen atoms in total. The van der Waals surface area contributed by atoms with Crippen LogP contribution < -0.4 is 10.6 Å². The molecule has 2 aliphatic heterocycles. The van der Waals surface area contributed by atoms with Gasteiger partial charge in [0, 0.05) is 48.0 Å². The molecule has 4 aliphatic rings. The monoisotopic (exact) mass is 558 g/mol. The van der Waals surface area contributed by atoms with Crippen molar-refractivity contribution in [3.8, 4) is 0 Å². The number of aliphatic imine (C=N–C) groups is 1. The lowest BCUT2D eigenvalue weighted by atomic mass is 9.54. The molecule has 7 heteroatoms. The van der Waals surface area contributed by atoms with E-state index in [4.69, 9.17) is 9.73 Å². The first-order valence-corrected chi connectivity index (χ1v) is 13.0. The van der Waals surface area contributed by atoms with Crippen LogP contribution in [0, 0.1) is 17.3 Å². The third-order valence-electron chi connectivity index (χ3n) is 8.25. The van der Waals surface area contributed by atoms with Crippen LogP contribution >= 0.6 is 35.3 Å². The van der Waals surface area contributed by atoms with Gasteiger partial charge in [0.2, 0.25) is 0 Å². The number of nitrogens with zero attached hydrogens (tertiary/aromatic N) is 2. The van der Waals surface area contributed by atoms with Crippen LogP contribution in [0.15, 0.2) is 22.5 Å². The number of hydrogen-bond acceptors (Lipinski definition) is 4. The SMILES string of the molecule is CCNC(=NCC1CCCN(C)C1c1cccs1)NC1C2CCOC2C12CCCC2.I. The number of guanidine groups is 1. The Morgan fingerprint density at radius 2 is 2.13 bits per heavy atom. The molecule has 174 valence electrons. The minimum atomic E-state index is 0. The largest absolute Gasteiger partial charge is 0.377 e. The molecule has 4 fully saturated rings. The molecule has 5 atom stereocenters. The summed E-state index contributed by atoms with van der Waals surface area (Å²) < 4.78 is 6.18. The lowest BCUT2D eigenvalue weighted by Crippen LogP contribution is -2.69. The summed E-state index contributed by atoms with van der Waals surface area (Å²) in [6, 6.07) is 5.53. The Kier molecular flexibility index (Phi) is 7.87. The second-order valence-corrected chi connectivity index (χ2v) is 10.8. The maximum absolute atomic E-state index is 6.18. The number of rotatable bonds is 5. The molecular formula is C24H39IN4OS. The molecule has 0 amide bonds. The van der Waals surface area contributed by atoms with Crippen molar-refractivity contribution < 1.29 is 4.74 Å². The number of halogens is 1. The Balaban J connectivity index is 0.00000231. The molecule has 1 aromatic rings. The standard InChI is InChI=1S/C24H38N4OS.HI/c1-3-25-23(27-21-18-10-14-29-22(18)24(21)11-4-5-12-24)26-16-17-8-6-13-28(2)20(17)19-9-7-15-30-19;/h7,9,15,17-18,20-22H,3-6,8,10-14,16H2,1-2H3,(H2,25,26,27);1H. The lowest BCUT2D eigenvalue weighted by molar-refractivity contribution is -0.125. The summed E-state index contributed by atoms with van der Waals surface area (Å²) in [7, 11) is 2.28. The maximum Gasteiger partial charge on any atom is 0.191 e. The van der Waals surface area contributed by atoms with E-state index in [1.165, 1.54) is 56.4 Å². The smallest absolute Gasteiger partial charge is 0.191 e. The maximum atomic E-state index is 6.18. The van der Waals surface area contributed by atoms with Crippen molar-refractivity contribution in [2.45, 2.75) is 70.1 Å². The van der Waals surface area contributed by atoms with Gasteiger partial charge < -0.3 is 15.4 Å². The third kappa shape index (κ3) is 4.41. The molecule has 0 radical (unpaired) electrons. The minimum absolute atomic E-state index is 0. The van der Waals surface area contributed by atoms with E-state index in [9.17, 15) is 0 Å². The second kappa shape index (κ2) is 10.3. The third-order valence-corrected chi connectivity index (χ3v) is 9.19. The van der Waals surface area contributed by atoms with Gasteiger partial charge in [0.15, 0.2) is 5.96 Å². The Labute approximate surface area is 208 Å². The summed E-state index contributed by atoms with van der Waals surface area (Å²) >= 11 is 1.89. The zero-order chi connectivity index (χ0) is 20.6. The van der Waals surface area contributed by atoms with Gasteiger partial charge in [-0.15, -0.1) is 35.3 Å². The van der Waals surface area contributed by atoms with Gasteiger partial charge in [0.05, 0.1) is 6.10 Å². The van der Waals surface area contributed by atoms with E-state index in [0.29, 0.717) is 35.4 Å². The van der Waals surface area contributed by atoms with Gasteiger partial charge in [0.25, 0.3) is 0 Å². The van der Waals surface area contributed by atoms with Gasteiger partial charge in [0.1, 0.15) is 0 Å². The van der Waals surface area contributed by atoms with Crippen molar-refractivity contribution in [2.75, 3.05) is 33.3 Å². The first-order valence-electron chi connectivity index (χ1n) is 12.1. The van der Waals surface area contributed by atoms with Gasteiger partial charge in [-0.3, -0.25) is 9.89 Å². The summed E-state index contributed by atoms with van der Waals surface area (Å²) in [5.41, 5.74) is 0.363. The van der Waals surface area contributed by atoms with Crippen LogP contribution in [-0.4, -0.2) is 56.3 Å². The molecule has 5 rings (SSSR count). The number of piperidine rings is 1. The highest BCUT2D eigenvalue weighted by atomic mass is 127. The van der Waals surface area contributed by atoms with E-state index in [1.807, 2.05) is 11.3 Å². The topological polar surface area (TPSA) is 48.9 Å². The molecule has 2 saturated carbocycles. The molecule has 1 spiro atoms. The highest BCUT2D eigenvalue weighted by Gasteiger charge is 2.65. The highest BCUT2D eigenvalue weighted by molar-refractivity contribution is 14.0. The second-order valence-electron chi connectivity index (χ2n) is 9.87. The van der Waals surface area contributed by atoms with Crippen LogP contribution in [0.4, 0.5) is 0 Å². The molecule has 5 unspecified atom stereocenters. The molecule has 31 heavy (non-hydrogen) atoms. The molecule has 2 aliphatic carbocycles. The average molecular weight is 559 g/mol. The van der Waals surface area contributed by atoms with E-state index in [2.05, 4.69) is 47.0 Å². The summed E-state index contributed by atoms with van der Waals surface area (Å²) in [6.45, 7) is 6.11. The Morgan fingerprint density at radius 3 is 2.87 bits per heavy atom. The van der Waals surface area contributed by atoms with Crippen LogP contribution in [0.5, 0.6) is 0 Å². The number of likely N-dealkylation sites (tertiary alicyclic amines) is 1. The van der Waals surface area contributed by atoms with Gasteiger partial charge >= 0.3 is 0 Å². The molecule has 3 heterocycles. The van der Waals surface area contributed by atoms with Gasteiger partial charge in [-0.25, -0.2) is 0 Å². The fourth-order valence-electron chi connectivity index (χ4n) is 6.94. The van der Waals surface area contributed by atoms with E-state index < -0.39 is 0 Å². The first-order chi connectivity index (χ1) is 14.7. The van der Waals surface area contributed by atoms with Crippen LogP contribution in [0.25, 0.3) is 0 Å². The van der Waals surface area contributed by atoms with Crippen LogP contribution in [-0.2, 0) is 4.74 Å². The quantitative estimate of drug-likeness (QED) is 0.314. The van der Waals surface area contributed by atoms with Crippen molar-refractivity contribution in [1.82, 2.24) is 15.5 Å². The molecule has 1 aromatic heterocycles. The number of fused-ring (bicyclic) bond motifs is 2. The van der Waals surface area contributed by atoms with Gasteiger partial charge in [-0.05, 0) is 70.0 Å². The average Bonchev–Trinajstić information content (AvgIpc) is 3.51. The fraction of sp³-hybridized carbons (Fsp3) is 0.792. The zero-order valence-electron chi connectivity index (χ0n) is 19.0. The van der Waals surface area contributed by atoms with Gasteiger partial charge in [-0.1, -0.05) is 18.9 Å². The van der Waals surface area contributed by atoms with E-state index in [1.54, 1.807) is 0 Å². The summed E-state index contributed by atoms with van der Waals surface area (Å²) in [6.07, 6.45) is 9.59. The predicted molar refractivity (Wildman–Crippen MR) is 139 cm³/mol. The predicted octanol–water partition coefficient (Wildman–Crippen LogP) is 4.65. The lowest BCUT2D eigenvalue weighted by Gasteiger charge is -2.57. The molecule has 0 bridgehead atoms. The fourth-order valence-corrected chi connectivity index (χ4v) is 7.92. The van der Waals surface area contributed by atoms with Crippen molar-refractivity contribution in [2.24, 2.45) is 22.2 Å². The van der Waals surface area contributed by atoms with Crippen LogP contribution in [0.2, 0.25) is 0 Å². The number of nitrogens with one attached hydrogen (secondary N) is 2. The van der Waals surface area contributed by atoms with E-state index in [0.717, 1.165) is 25.7 Å². The zero-order valence-corrected chi connectivity index (χ0v) is 22.2. The summed E-state index contributed by atoms with van der Waals surface area (Å²) in [5, 5.41) is 9.67. The van der Waals surface area contributed by atoms with Gasteiger partial charge in [-0.2, -0.15) is 0 Å². The molecular weight excluding hydrogens is 519 g/mol. The normalized spacial score (nSPS) is 34.8.